The van der Waals surface area contributed by atoms with Gasteiger partial charge in [0.05, 0.1) is 11.0 Å². The van der Waals surface area contributed by atoms with Crippen LogP contribution in [0.15, 0.2) is 47.5 Å². The van der Waals surface area contributed by atoms with Crippen molar-refractivity contribution < 1.29 is 4.74 Å². The number of nitrogens with zero attached hydrogens (tertiary/aromatic N) is 7. The highest BCUT2D eigenvalue weighted by Gasteiger charge is 2.38. The normalized spacial score (nSPS) is 23.2. The molecule has 0 amide bonds. The van der Waals surface area contributed by atoms with Crippen LogP contribution in [-0.2, 0) is 11.3 Å². The summed E-state index contributed by atoms with van der Waals surface area (Å²) in [4.78, 5) is 27.2. The van der Waals surface area contributed by atoms with Crippen molar-refractivity contribution in [2.75, 3.05) is 24.6 Å². The first-order valence-corrected chi connectivity index (χ1v) is 15.0. The topological polar surface area (TPSA) is 81.3 Å². The third-order valence-electron chi connectivity index (χ3n) is 8.98. The number of benzene rings is 1. The Labute approximate surface area is 235 Å². The maximum atomic E-state index is 13.0. The van der Waals surface area contributed by atoms with Crippen LogP contribution in [0.3, 0.4) is 0 Å². The van der Waals surface area contributed by atoms with Crippen LogP contribution in [0, 0.1) is 0 Å². The van der Waals surface area contributed by atoms with E-state index in [0.29, 0.717) is 12.6 Å². The summed E-state index contributed by atoms with van der Waals surface area (Å²) in [5.74, 6) is 1.04. The molecule has 40 heavy (non-hydrogen) atoms. The minimum Gasteiger partial charge on any atom is -0.356 e. The molecule has 6 rings (SSSR count). The van der Waals surface area contributed by atoms with Crippen LogP contribution in [0.5, 0.6) is 0 Å². The van der Waals surface area contributed by atoms with E-state index in [-0.39, 0.29) is 23.9 Å². The van der Waals surface area contributed by atoms with Gasteiger partial charge in [-0.1, -0.05) is 19.9 Å². The molecule has 9 nitrogen and oxygen atoms in total. The van der Waals surface area contributed by atoms with Crippen molar-refractivity contribution in [1.29, 1.82) is 0 Å². The lowest BCUT2D eigenvalue weighted by Gasteiger charge is -2.49. The third-order valence-corrected chi connectivity index (χ3v) is 8.98. The summed E-state index contributed by atoms with van der Waals surface area (Å²) in [6.07, 6.45) is 8.56. The minimum atomic E-state index is -0.107. The number of rotatable bonds is 7. The van der Waals surface area contributed by atoms with Crippen molar-refractivity contribution in [2.24, 2.45) is 0 Å². The number of piperazine rings is 1. The predicted molar refractivity (Wildman–Crippen MR) is 159 cm³/mol. The van der Waals surface area contributed by atoms with Crippen molar-refractivity contribution in [3.63, 3.8) is 0 Å². The van der Waals surface area contributed by atoms with Crippen molar-refractivity contribution in [1.82, 2.24) is 29.2 Å². The first-order chi connectivity index (χ1) is 19.5. The van der Waals surface area contributed by atoms with Gasteiger partial charge >= 0.3 is 0 Å². The van der Waals surface area contributed by atoms with E-state index in [0.717, 1.165) is 79.7 Å². The van der Waals surface area contributed by atoms with Gasteiger partial charge in [0, 0.05) is 62.8 Å². The molecule has 2 saturated heterocycles. The van der Waals surface area contributed by atoms with Gasteiger partial charge in [0.25, 0.3) is 5.56 Å². The lowest BCUT2D eigenvalue weighted by atomic mass is 9.96. The zero-order valence-electron chi connectivity index (χ0n) is 24.2. The molecule has 0 saturated carbocycles. The van der Waals surface area contributed by atoms with Crippen LogP contribution in [0.4, 0.5) is 5.82 Å². The molecule has 0 bridgehead atoms. The molecule has 9 heteroatoms. The SMILES string of the molecule is CC[C@H]1CN(C(C)c2ccc3nccnc3c2)[C@H](CC)CN1c1c2c(ccc(=O)n2CC)nn1C1CCCCO1. The van der Waals surface area contributed by atoms with Gasteiger partial charge in [0.1, 0.15) is 11.0 Å². The number of fused-ring (bicyclic) bond motifs is 2. The minimum absolute atomic E-state index is 0.0205. The zero-order chi connectivity index (χ0) is 27.8. The van der Waals surface area contributed by atoms with Crippen LogP contribution >= 0.6 is 0 Å². The van der Waals surface area contributed by atoms with E-state index in [1.165, 1.54) is 5.56 Å². The molecule has 2 aliphatic heterocycles. The molecule has 2 fully saturated rings. The summed E-state index contributed by atoms with van der Waals surface area (Å²) in [6, 6.07) is 10.9. The van der Waals surface area contributed by atoms with Crippen molar-refractivity contribution in [2.45, 2.75) is 90.7 Å². The van der Waals surface area contributed by atoms with E-state index >= 15 is 0 Å². The molecule has 1 aromatic carbocycles. The van der Waals surface area contributed by atoms with E-state index in [1.54, 1.807) is 18.5 Å². The largest absolute Gasteiger partial charge is 0.356 e. The molecule has 4 atom stereocenters. The Balaban J connectivity index is 1.41. The molecule has 5 heterocycles. The summed E-state index contributed by atoms with van der Waals surface area (Å²) in [5.41, 5.74) is 4.95. The van der Waals surface area contributed by atoms with Crippen molar-refractivity contribution in [3.05, 3.63) is 58.6 Å². The Bertz CT molecular complexity index is 1540. The Kier molecular flexibility index (Phi) is 7.59. The van der Waals surface area contributed by atoms with E-state index in [9.17, 15) is 4.79 Å². The standard InChI is InChI=1S/C31H41N7O2/c1-5-23-20-37(24(6-2)19-36(23)21(4)22-11-12-25-27(18-22)33-16-15-32-25)31-30-26(13-14-28(39)35(30)7-3)34-38(31)29-10-8-9-17-40-29/h11-16,18,21,23-24,29H,5-10,17,19-20H2,1-4H3/t21?,23-,24+,29?/m1/s1. The maximum Gasteiger partial charge on any atom is 0.251 e. The van der Waals surface area contributed by atoms with E-state index in [2.05, 4.69) is 63.4 Å². The van der Waals surface area contributed by atoms with Crippen molar-refractivity contribution >= 4 is 27.9 Å². The fraction of sp³-hybridized carbons (Fsp3) is 0.548. The van der Waals surface area contributed by atoms with Crippen LogP contribution in [-0.4, -0.2) is 61.0 Å². The second-order valence-electron chi connectivity index (χ2n) is 11.2. The number of hydrogen-bond acceptors (Lipinski definition) is 7. The molecule has 2 aliphatic rings. The Hall–Kier alpha value is -3.30. The fourth-order valence-corrected chi connectivity index (χ4v) is 6.70. The van der Waals surface area contributed by atoms with E-state index in [1.807, 2.05) is 17.6 Å². The third kappa shape index (κ3) is 4.69. The van der Waals surface area contributed by atoms with E-state index < -0.39 is 0 Å². The van der Waals surface area contributed by atoms with Gasteiger partial charge in [0.2, 0.25) is 0 Å². The second kappa shape index (κ2) is 11.3. The van der Waals surface area contributed by atoms with Crippen LogP contribution in [0.1, 0.15) is 77.6 Å². The molecule has 212 valence electrons. The zero-order valence-corrected chi connectivity index (χ0v) is 24.2. The van der Waals surface area contributed by atoms with Crippen molar-refractivity contribution in [3.8, 4) is 0 Å². The first-order valence-electron chi connectivity index (χ1n) is 15.0. The summed E-state index contributed by atoms with van der Waals surface area (Å²) in [7, 11) is 0. The second-order valence-corrected chi connectivity index (χ2v) is 11.2. The monoisotopic (exact) mass is 543 g/mol. The molecule has 0 radical (unpaired) electrons. The molecule has 4 aromatic rings. The highest BCUT2D eigenvalue weighted by Crippen LogP contribution is 2.38. The number of hydrogen-bond donors (Lipinski definition) is 0. The Morgan fingerprint density at radius 2 is 1.73 bits per heavy atom. The molecular weight excluding hydrogens is 502 g/mol. The van der Waals surface area contributed by atoms with Crippen LogP contribution in [0.2, 0.25) is 0 Å². The summed E-state index contributed by atoms with van der Waals surface area (Å²) >= 11 is 0. The van der Waals surface area contributed by atoms with Gasteiger partial charge in [-0.2, -0.15) is 5.10 Å². The van der Waals surface area contributed by atoms with Gasteiger partial charge in [0.15, 0.2) is 12.0 Å². The summed E-state index contributed by atoms with van der Waals surface area (Å²) < 4.78 is 10.3. The number of ether oxygens (including phenoxy) is 1. The van der Waals surface area contributed by atoms with Gasteiger partial charge in [-0.05, 0) is 69.7 Å². The molecule has 0 N–H and O–H groups in total. The number of anilines is 1. The molecule has 3 aromatic heterocycles. The Morgan fingerprint density at radius 1 is 0.950 bits per heavy atom. The molecular formula is C31H41N7O2. The van der Waals surface area contributed by atoms with E-state index in [4.69, 9.17) is 9.84 Å². The van der Waals surface area contributed by atoms with Crippen LogP contribution in [0.25, 0.3) is 22.1 Å². The number of pyridine rings is 1. The average molecular weight is 544 g/mol. The average Bonchev–Trinajstić information content (AvgIpc) is 3.39. The fourth-order valence-electron chi connectivity index (χ4n) is 6.70. The molecule has 2 unspecified atom stereocenters. The molecule has 0 aliphatic carbocycles. The van der Waals surface area contributed by atoms with Gasteiger partial charge < -0.3 is 14.2 Å². The predicted octanol–water partition coefficient (Wildman–Crippen LogP) is 5.30. The smallest absolute Gasteiger partial charge is 0.251 e. The lowest BCUT2D eigenvalue weighted by Crippen LogP contribution is -2.59. The Morgan fingerprint density at radius 3 is 2.45 bits per heavy atom. The first kappa shape index (κ1) is 26.9. The number of aryl methyl sites for hydroxylation is 1. The molecule has 0 spiro atoms. The lowest BCUT2D eigenvalue weighted by molar-refractivity contribution is -0.0386. The summed E-state index contributed by atoms with van der Waals surface area (Å²) in [6.45, 7) is 12.1. The van der Waals surface area contributed by atoms with Crippen LogP contribution < -0.4 is 10.5 Å². The highest BCUT2D eigenvalue weighted by molar-refractivity contribution is 5.87. The van der Waals surface area contributed by atoms with Gasteiger partial charge in [-0.25, -0.2) is 4.68 Å². The quantitative estimate of drug-likeness (QED) is 0.313. The van der Waals surface area contributed by atoms with Gasteiger partial charge in [-0.3, -0.25) is 19.7 Å². The highest BCUT2D eigenvalue weighted by atomic mass is 16.5. The summed E-state index contributed by atoms with van der Waals surface area (Å²) in [5, 5.41) is 5.08. The maximum absolute atomic E-state index is 13.0. The number of aromatic nitrogens is 5. The van der Waals surface area contributed by atoms with Gasteiger partial charge in [-0.15, -0.1) is 0 Å².